The molecule has 3 atom stereocenters. The summed E-state index contributed by atoms with van der Waals surface area (Å²) in [6.45, 7) is 0. The van der Waals surface area contributed by atoms with Gasteiger partial charge in [0.05, 0.1) is 17.3 Å². The molecule has 1 N–H and O–H groups in total. The van der Waals surface area contributed by atoms with Gasteiger partial charge in [0.1, 0.15) is 0 Å². The second kappa shape index (κ2) is 5.55. The SMILES string of the molecule is FC(F)(F)c1cccc2c1N[C@H](c1ccccc1Cl)[C@@H]1CC=C[C@@H]21. The Hall–Kier alpha value is -1.94. The first-order valence-corrected chi connectivity index (χ1v) is 8.22. The molecule has 1 aliphatic carbocycles. The molecule has 4 rings (SSSR count). The highest BCUT2D eigenvalue weighted by atomic mass is 35.5. The first kappa shape index (κ1) is 15.6. The van der Waals surface area contributed by atoms with Gasteiger partial charge in [-0.05, 0) is 35.6 Å². The summed E-state index contributed by atoms with van der Waals surface area (Å²) in [6, 6.07) is 11.5. The van der Waals surface area contributed by atoms with Crippen LogP contribution in [0.2, 0.25) is 5.02 Å². The summed E-state index contributed by atoms with van der Waals surface area (Å²) in [4.78, 5) is 0. The van der Waals surface area contributed by atoms with E-state index in [1.54, 1.807) is 12.1 Å². The first-order chi connectivity index (χ1) is 11.5. The Balaban J connectivity index is 1.87. The Kier molecular flexibility index (Phi) is 3.61. The van der Waals surface area contributed by atoms with E-state index in [4.69, 9.17) is 11.6 Å². The molecule has 0 amide bonds. The number of nitrogens with one attached hydrogen (secondary N) is 1. The monoisotopic (exact) mass is 349 g/mol. The van der Waals surface area contributed by atoms with E-state index < -0.39 is 11.7 Å². The molecule has 124 valence electrons. The van der Waals surface area contributed by atoms with Crippen molar-refractivity contribution in [1.82, 2.24) is 0 Å². The number of halogens is 4. The third-order valence-electron chi connectivity index (χ3n) is 4.94. The Morgan fingerprint density at radius 3 is 2.50 bits per heavy atom. The minimum Gasteiger partial charge on any atom is -0.377 e. The predicted molar refractivity (Wildman–Crippen MR) is 89.2 cm³/mol. The van der Waals surface area contributed by atoms with E-state index in [0.29, 0.717) is 10.6 Å². The molecule has 1 nitrogen and oxygen atoms in total. The van der Waals surface area contributed by atoms with Gasteiger partial charge in [-0.2, -0.15) is 13.2 Å². The lowest BCUT2D eigenvalue weighted by Gasteiger charge is -2.39. The van der Waals surface area contributed by atoms with Crippen LogP contribution in [0.3, 0.4) is 0 Å². The second-order valence-electron chi connectivity index (χ2n) is 6.26. The molecule has 0 bridgehead atoms. The van der Waals surface area contributed by atoms with E-state index in [1.165, 1.54) is 6.07 Å². The molecule has 5 heteroatoms. The van der Waals surface area contributed by atoms with Crippen molar-refractivity contribution in [3.8, 4) is 0 Å². The standard InChI is InChI=1S/C19H15ClF3N/c20-16-10-2-1-5-14(16)17-12-7-3-6-11(12)13-8-4-9-15(18(13)24-17)19(21,22)23/h1-6,8-12,17,24H,7H2/t11-,12-,17+/m1/s1. The minimum atomic E-state index is -4.39. The van der Waals surface area contributed by atoms with Crippen LogP contribution in [0.4, 0.5) is 18.9 Å². The smallest absolute Gasteiger partial charge is 0.377 e. The summed E-state index contributed by atoms with van der Waals surface area (Å²) in [5, 5.41) is 3.73. The lowest BCUT2D eigenvalue weighted by atomic mass is 9.76. The Morgan fingerprint density at radius 1 is 1.00 bits per heavy atom. The number of para-hydroxylation sites is 1. The maximum atomic E-state index is 13.4. The van der Waals surface area contributed by atoms with E-state index >= 15 is 0 Å². The minimum absolute atomic E-state index is 0.0233. The quantitative estimate of drug-likeness (QED) is 0.606. The van der Waals surface area contributed by atoms with Crippen LogP contribution in [-0.4, -0.2) is 0 Å². The zero-order chi connectivity index (χ0) is 16.9. The molecular formula is C19H15ClF3N. The van der Waals surface area contributed by atoms with E-state index in [0.717, 1.165) is 18.1 Å². The molecule has 2 aromatic rings. The molecule has 1 heterocycles. The van der Waals surface area contributed by atoms with Gasteiger partial charge in [-0.3, -0.25) is 0 Å². The van der Waals surface area contributed by atoms with Crippen molar-refractivity contribution in [2.45, 2.75) is 24.6 Å². The number of alkyl halides is 3. The summed E-state index contributed by atoms with van der Waals surface area (Å²) in [7, 11) is 0. The van der Waals surface area contributed by atoms with Crippen LogP contribution in [-0.2, 0) is 6.18 Å². The van der Waals surface area contributed by atoms with Gasteiger partial charge < -0.3 is 5.32 Å². The fraction of sp³-hybridized carbons (Fsp3) is 0.263. The number of anilines is 1. The molecular weight excluding hydrogens is 335 g/mol. The Bertz CT molecular complexity index is 812. The van der Waals surface area contributed by atoms with Crippen LogP contribution >= 0.6 is 11.6 Å². The van der Waals surface area contributed by atoms with Crippen molar-refractivity contribution in [2.75, 3.05) is 5.32 Å². The summed E-state index contributed by atoms with van der Waals surface area (Å²) < 4.78 is 40.3. The van der Waals surface area contributed by atoms with Crippen molar-refractivity contribution >= 4 is 17.3 Å². The summed E-state index contributed by atoms with van der Waals surface area (Å²) in [6.07, 6.45) is 0.506. The van der Waals surface area contributed by atoms with E-state index in [2.05, 4.69) is 11.4 Å². The molecule has 2 aromatic carbocycles. The van der Waals surface area contributed by atoms with Gasteiger partial charge in [0.2, 0.25) is 0 Å². The zero-order valence-corrected chi connectivity index (χ0v) is 13.4. The lowest BCUT2D eigenvalue weighted by molar-refractivity contribution is -0.137. The van der Waals surface area contributed by atoms with Crippen molar-refractivity contribution in [2.24, 2.45) is 5.92 Å². The first-order valence-electron chi connectivity index (χ1n) is 7.84. The number of hydrogen-bond donors (Lipinski definition) is 1. The molecule has 0 aromatic heterocycles. The highest BCUT2D eigenvalue weighted by Crippen LogP contribution is 2.53. The predicted octanol–water partition coefficient (Wildman–Crippen LogP) is 6.19. The Labute approximate surface area is 143 Å². The number of rotatable bonds is 1. The summed E-state index contributed by atoms with van der Waals surface area (Å²) >= 11 is 6.32. The molecule has 0 saturated heterocycles. The molecule has 24 heavy (non-hydrogen) atoms. The molecule has 1 aliphatic heterocycles. The van der Waals surface area contributed by atoms with Crippen LogP contribution in [0.1, 0.15) is 35.1 Å². The fourth-order valence-electron chi connectivity index (χ4n) is 3.89. The maximum Gasteiger partial charge on any atom is 0.418 e. The highest BCUT2D eigenvalue weighted by molar-refractivity contribution is 6.31. The van der Waals surface area contributed by atoms with Gasteiger partial charge in [-0.25, -0.2) is 0 Å². The van der Waals surface area contributed by atoms with E-state index in [9.17, 15) is 13.2 Å². The third kappa shape index (κ3) is 2.40. The lowest BCUT2D eigenvalue weighted by Crippen LogP contribution is -2.31. The van der Waals surface area contributed by atoms with Crippen LogP contribution in [0, 0.1) is 5.92 Å². The Morgan fingerprint density at radius 2 is 1.75 bits per heavy atom. The number of allylic oxidation sites excluding steroid dienone is 2. The maximum absolute atomic E-state index is 13.4. The van der Waals surface area contributed by atoms with Gasteiger partial charge in [-0.15, -0.1) is 0 Å². The van der Waals surface area contributed by atoms with Crippen LogP contribution in [0.15, 0.2) is 54.6 Å². The molecule has 0 spiro atoms. The zero-order valence-electron chi connectivity index (χ0n) is 12.6. The highest BCUT2D eigenvalue weighted by Gasteiger charge is 2.43. The van der Waals surface area contributed by atoms with Gasteiger partial charge >= 0.3 is 6.18 Å². The molecule has 0 unspecified atom stereocenters. The molecule has 2 aliphatic rings. The fourth-order valence-corrected chi connectivity index (χ4v) is 4.15. The normalized spacial score (nSPS) is 25.1. The summed E-state index contributed by atoms with van der Waals surface area (Å²) in [5.41, 5.74) is 1.13. The topological polar surface area (TPSA) is 12.0 Å². The average molecular weight is 350 g/mol. The van der Waals surface area contributed by atoms with Crippen molar-refractivity contribution in [3.63, 3.8) is 0 Å². The largest absolute Gasteiger partial charge is 0.418 e. The average Bonchev–Trinajstić information content (AvgIpc) is 3.03. The van der Waals surface area contributed by atoms with Gasteiger partial charge in [0.15, 0.2) is 0 Å². The van der Waals surface area contributed by atoms with Crippen molar-refractivity contribution in [1.29, 1.82) is 0 Å². The van der Waals surface area contributed by atoms with Crippen LogP contribution in [0.5, 0.6) is 0 Å². The van der Waals surface area contributed by atoms with Gasteiger partial charge in [0, 0.05) is 10.9 Å². The second-order valence-corrected chi connectivity index (χ2v) is 6.67. The van der Waals surface area contributed by atoms with Crippen molar-refractivity contribution in [3.05, 3.63) is 76.3 Å². The number of hydrogen-bond acceptors (Lipinski definition) is 1. The molecule has 0 fully saturated rings. The third-order valence-corrected chi connectivity index (χ3v) is 5.29. The van der Waals surface area contributed by atoms with Gasteiger partial charge in [0.25, 0.3) is 0 Å². The summed E-state index contributed by atoms with van der Waals surface area (Å²) in [5.74, 6) is 0.144. The molecule has 0 saturated carbocycles. The van der Waals surface area contributed by atoms with Crippen LogP contribution in [0.25, 0.3) is 0 Å². The number of fused-ring (bicyclic) bond motifs is 3. The van der Waals surface area contributed by atoms with Gasteiger partial charge in [-0.1, -0.05) is 54.1 Å². The van der Waals surface area contributed by atoms with E-state index in [-0.39, 0.29) is 23.6 Å². The van der Waals surface area contributed by atoms with Crippen LogP contribution < -0.4 is 5.32 Å². The van der Waals surface area contributed by atoms with Crippen molar-refractivity contribution < 1.29 is 13.2 Å². The van der Waals surface area contributed by atoms with E-state index in [1.807, 2.05) is 24.3 Å². The number of benzene rings is 2. The molecule has 0 radical (unpaired) electrons.